The summed E-state index contributed by atoms with van der Waals surface area (Å²) in [4.78, 5) is 16.4. The minimum atomic E-state index is -0.262. The molecule has 2 aromatic carbocycles. The van der Waals surface area contributed by atoms with Gasteiger partial charge in [0.25, 0.3) is 5.91 Å². The molecule has 138 valence electrons. The Hall–Kier alpha value is -3.41. The van der Waals surface area contributed by atoms with Crippen molar-refractivity contribution in [1.29, 1.82) is 0 Å². The van der Waals surface area contributed by atoms with E-state index in [0.29, 0.717) is 29.9 Å². The van der Waals surface area contributed by atoms with E-state index in [1.807, 2.05) is 24.3 Å². The number of rotatable bonds is 7. The molecule has 0 fully saturated rings. The molecular formula is C21H20FN3O2. The lowest BCUT2D eigenvalue weighted by Gasteiger charge is -2.08. The summed E-state index contributed by atoms with van der Waals surface area (Å²) in [5.74, 6) is 0.899. The number of carbonyl (C=O) groups is 1. The molecule has 1 amide bonds. The summed E-state index contributed by atoms with van der Waals surface area (Å²) in [6.07, 6.45) is 1.94. The Morgan fingerprint density at radius 1 is 1.07 bits per heavy atom. The van der Waals surface area contributed by atoms with Gasteiger partial charge in [-0.2, -0.15) is 0 Å². The van der Waals surface area contributed by atoms with Crippen LogP contribution in [0.1, 0.15) is 15.9 Å². The normalized spacial score (nSPS) is 10.3. The number of aromatic nitrogens is 1. The number of methoxy groups -OCH3 is 1. The van der Waals surface area contributed by atoms with Crippen molar-refractivity contribution in [3.8, 4) is 5.75 Å². The van der Waals surface area contributed by atoms with Gasteiger partial charge in [-0.05, 0) is 54.4 Å². The summed E-state index contributed by atoms with van der Waals surface area (Å²) in [7, 11) is 1.62. The van der Waals surface area contributed by atoms with E-state index in [9.17, 15) is 9.18 Å². The smallest absolute Gasteiger partial charge is 0.252 e. The first-order valence-corrected chi connectivity index (χ1v) is 8.54. The lowest BCUT2D eigenvalue weighted by atomic mass is 10.1. The second-order valence-corrected chi connectivity index (χ2v) is 5.88. The zero-order chi connectivity index (χ0) is 19.1. The van der Waals surface area contributed by atoms with Crippen LogP contribution >= 0.6 is 0 Å². The number of nitrogens with one attached hydrogen (secondary N) is 2. The van der Waals surface area contributed by atoms with Crippen molar-refractivity contribution in [2.45, 2.75) is 6.42 Å². The van der Waals surface area contributed by atoms with E-state index < -0.39 is 0 Å². The maximum Gasteiger partial charge on any atom is 0.252 e. The van der Waals surface area contributed by atoms with Gasteiger partial charge in [0.1, 0.15) is 17.4 Å². The zero-order valence-electron chi connectivity index (χ0n) is 14.9. The minimum Gasteiger partial charge on any atom is -0.497 e. The predicted octanol–water partition coefficient (Wildman–Crippen LogP) is 3.95. The maximum absolute atomic E-state index is 13.6. The highest BCUT2D eigenvalue weighted by atomic mass is 19.1. The molecule has 0 radical (unpaired) electrons. The lowest BCUT2D eigenvalue weighted by molar-refractivity contribution is 0.0953. The van der Waals surface area contributed by atoms with E-state index in [0.717, 1.165) is 11.4 Å². The molecule has 0 bridgehead atoms. The number of ether oxygens (including phenoxy) is 1. The highest BCUT2D eigenvalue weighted by molar-refractivity contribution is 5.94. The molecule has 27 heavy (non-hydrogen) atoms. The van der Waals surface area contributed by atoms with Crippen molar-refractivity contribution < 1.29 is 13.9 Å². The molecule has 6 heteroatoms. The second kappa shape index (κ2) is 8.80. The molecule has 0 saturated carbocycles. The number of carbonyl (C=O) groups excluding carboxylic acids is 1. The van der Waals surface area contributed by atoms with Crippen molar-refractivity contribution in [2.24, 2.45) is 0 Å². The van der Waals surface area contributed by atoms with Crippen LogP contribution in [0, 0.1) is 5.82 Å². The van der Waals surface area contributed by atoms with Crippen molar-refractivity contribution in [3.63, 3.8) is 0 Å². The molecule has 0 saturated heterocycles. The molecule has 3 aromatic rings. The van der Waals surface area contributed by atoms with Crippen molar-refractivity contribution in [3.05, 3.63) is 83.8 Å². The van der Waals surface area contributed by atoms with Gasteiger partial charge in [0.15, 0.2) is 0 Å². The van der Waals surface area contributed by atoms with Crippen molar-refractivity contribution in [2.75, 3.05) is 19.0 Å². The number of benzene rings is 2. The van der Waals surface area contributed by atoms with Gasteiger partial charge in [-0.25, -0.2) is 9.37 Å². The van der Waals surface area contributed by atoms with Crippen molar-refractivity contribution >= 4 is 17.4 Å². The van der Waals surface area contributed by atoms with Crippen LogP contribution in [-0.2, 0) is 6.42 Å². The van der Waals surface area contributed by atoms with Crippen LogP contribution in [0.15, 0.2) is 66.9 Å². The molecule has 0 aliphatic rings. The summed E-state index contributed by atoms with van der Waals surface area (Å²) in [5.41, 5.74) is 1.89. The SMILES string of the molecule is COc1ccc(Nc2ccc(C(=O)NCCc3ccccc3F)cn2)cc1. The number of pyridine rings is 1. The first-order valence-electron chi connectivity index (χ1n) is 8.54. The van der Waals surface area contributed by atoms with Gasteiger partial charge >= 0.3 is 0 Å². The van der Waals surface area contributed by atoms with E-state index in [1.165, 1.54) is 12.3 Å². The average molecular weight is 365 g/mol. The summed E-state index contributed by atoms with van der Waals surface area (Å²) >= 11 is 0. The summed E-state index contributed by atoms with van der Waals surface area (Å²) in [5, 5.41) is 5.93. The van der Waals surface area contributed by atoms with Gasteiger partial charge in [-0.1, -0.05) is 18.2 Å². The summed E-state index contributed by atoms with van der Waals surface area (Å²) in [6.45, 7) is 0.353. The van der Waals surface area contributed by atoms with Crippen LogP contribution in [0.3, 0.4) is 0 Å². The third-order valence-corrected chi connectivity index (χ3v) is 4.03. The van der Waals surface area contributed by atoms with Gasteiger partial charge in [-0.3, -0.25) is 4.79 Å². The van der Waals surface area contributed by atoms with Crippen LogP contribution in [0.4, 0.5) is 15.9 Å². The zero-order valence-corrected chi connectivity index (χ0v) is 14.9. The Kier molecular flexibility index (Phi) is 5.99. The van der Waals surface area contributed by atoms with E-state index >= 15 is 0 Å². The largest absolute Gasteiger partial charge is 0.497 e. The highest BCUT2D eigenvalue weighted by Crippen LogP contribution is 2.18. The van der Waals surface area contributed by atoms with E-state index in [1.54, 1.807) is 37.4 Å². The van der Waals surface area contributed by atoms with Crippen LogP contribution in [-0.4, -0.2) is 24.5 Å². The van der Waals surface area contributed by atoms with Crippen LogP contribution in [0.2, 0.25) is 0 Å². The Morgan fingerprint density at radius 3 is 2.52 bits per heavy atom. The number of hydrogen-bond donors (Lipinski definition) is 2. The molecule has 0 spiro atoms. The standard InChI is InChI=1S/C21H20FN3O2/c1-27-18-9-7-17(8-10-18)25-20-11-6-16(14-24-20)21(26)23-13-12-15-4-2-3-5-19(15)22/h2-11,14H,12-13H2,1H3,(H,23,26)(H,24,25). The molecule has 1 aromatic heterocycles. The Bertz CT molecular complexity index is 896. The Morgan fingerprint density at radius 2 is 1.85 bits per heavy atom. The fourth-order valence-electron chi connectivity index (χ4n) is 2.54. The van der Waals surface area contributed by atoms with Crippen LogP contribution < -0.4 is 15.4 Å². The topological polar surface area (TPSA) is 63.2 Å². The van der Waals surface area contributed by atoms with Crippen LogP contribution in [0.5, 0.6) is 5.75 Å². The van der Waals surface area contributed by atoms with E-state index in [4.69, 9.17) is 4.74 Å². The van der Waals surface area contributed by atoms with Crippen LogP contribution in [0.25, 0.3) is 0 Å². The third-order valence-electron chi connectivity index (χ3n) is 4.03. The molecule has 3 rings (SSSR count). The molecule has 0 aliphatic carbocycles. The average Bonchev–Trinajstić information content (AvgIpc) is 2.70. The van der Waals surface area contributed by atoms with Gasteiger partial charge in [0.2, 0.25) is 0 Å². The van der Waals surface area contributed by atoms with E-state index in [-0.39, 0.29) is 11.7 Å². The van der Waals surface area contributed by atoms with Gasteiger partial charge in [-0.15, -0.1) is 0 Å². The third kappa shape index (κ3) is 5.04. The Labute approximate surface area is 157 Å². The van der Waals surface area contributed by atoms with E-state index in [2.05, 4.69) is 15.6 Å². The molecule has 1 heterocycles. The van der Waals surface area contributed by atoms with Gasteiger partial charge in [0.05, 0.1) is 12.7 Å². The fourth-order valence-corrected chi connectivity index (χ4v) is 2.54. The van der Waals surface area contributed by atoms with Crippen molar-refractivity contribution in [1.82, 2.24) is 10.3 Å². The number of hydrogen-bond acceptors (Lipinski definition) is 4. The molecule has 5 nitrogen and oxygen atoms in total. The Balaban J connectivity index is 1.53. The minimum absolute atomic E-state index is 0.241. The van der Waals surface area contributed by atoms with Gasteiger partial charge < -0.3 is 15.4 Å². The number of nitrogens with zero attached hydrogens (tertiary/aromatic N) is 1. The number of anilines is 2. The number of amides is 1. The fraction of sp³-hybridized carbons (Fsp3) is 0.143. The molecule has 0 aliphatic heterocycles. The lowest BCUT2D eigenvalue weighted by Crippen LogP contribution is -2.26. The molecule has 0 atom stereocenters. The first-order chi connectivity index (χ1) is 13.2. The predicted molar refractivity (Wildman–Crippen MR) is 103 cm³/mol. The maximum atomic E-state index is 13.6. The molecule has 2 N–H and O–H groups in total. The molecular weight excluding hydrogens is 345 g/mol. The highest BCUT2D eigenvalue weighted by Gasteiger charge is 2.07. The van der Waals surface area contributed by atoms with Gasteiger partial charge in [0, 0.05) is 18.4 Å². The summed E-state index contributed by atoms with van der Waals surface area (Å²) < 4.78 is 18.7. The summed E-state index contributed by atoms with van der Waals surface area (Å²) in [6, 6.07) is 17.4. The second-order valence-electron chi connectivity index (χ2n) is 5.88. The monoisotopic (exact) mass is 365 g/mol. The molecule has 0 unspecified atom stereocenters. The number of halogens is 1. The quantitative estimate of drug-likeness (QED) is 0.666. The first kappa shape index (κ1) is 18.4.